The molecular formula is C33H25N5O7. The third-order valence-corrected chi connectivity index (χ3v) is 7.02. The maximum atomic E-state index is 13.7. The number of aryl methyl sites for hydroxylation is 1. The molecule has 0 aliphatic rings. The molecule has 6 aromatic rings. The fourth-order valence-electron chi connectivity index (χ4n) is 4.81. The molecule has 0 saturated heterocycles. The summed E-state index contributed by atoms with van der Waals surface area (Å²) in [7, 11) is 1.54. The van der Waals surface area contributed by atoms with Crippen molar-refractivity contribution in [3.8, 4) is 23.1 Å². The molecule has 0 spiro atoms. The van der Waals surface area contributed by atoms with Crippen molar-refractivity contribution in [1.82, 2.24) is 9.66 Å². The number of furan rings is 1. The molecular weight excluding hydrogens is 578 g/mol. The average Bonchev–Trinajstić information content (AvgIpc) is 3.49. The summed E-state index contributed by atoms with van der Waals surface area (Å²) in [6, 6.07) is 25.2. The monoisotopic (exact) mass is 603 g/mol. The number of hydrogen-bond acceptors (Lipinski definition) is 9. The van der Waals surface area contributed by atoms with Crippen LogP contribution in [0.4, 0.5) is 11.4 Å². The molecule has 1 amide bonds. The maximum Gasteiger partial charge on any atom is 0.311 e. The summed E-state index contributed by atoms with van der Waals surface area (Å²) in [4.78, 5) is 42.3. The Morgan fingerprint density at radius 2 is 1.82 bits per heavy atom. The topological polar surface area (TPSA) is 151 Å². The zero-order valence-corrected chi connectivity index (χ0v) is 24.1. The number of aromatic nitrogens is 2. The molecule has 2 aromatic heterocycles. The van der Waals surface area contributed by atoms with E-state index in [0.717, 1.165) is 10.2 Å². The van der Waals surface area contributed by atoms with Crippen molar-refractivity contribution in [2.45, 2.75) is 6.92 Å². The van der Waals surface area contributed by atoms with Gasteiger partial charge in [-0.2, -0.15) is 9.78 Å². The van der Waals surface area contributed by atoms with Crippen LogP contribution in [0.2, 0.25) is 0 Å². The fraction of sp³-hybridized carbons (Fsp3) is 0.0909. The van der Waals surface area contributed by atoms with Gasteiger partial charge in [0.25, 0.3) is 11.5 Å². The number of rotatable bonds is 9. The lowest BCUT2D eigenvalue weighted by atomic mass is 10.2. The van der Waals surface area contributed by atoms with Crippen LogP contribution in [0.15, 0.2) is 105 Å². The van der Waals surface area contributed by atoms with E-state index in [-0.39, 0.29) is 28.6 Å². The van der Waals surface area contributed by atoms with Crippen molar-refractivity contribution in [3.63, 3.8) is 0 Å². The zero-order chi connectivity index (χ0) is 31.5. The van der Waals surface area contributed by atoms with Crippen molar-refractivity contribution in [2.24, 2.45) is 5.10 Å². The van der Waals surface area contributed by atoms with Gasteiger partial charge in [0, 0.05) is 17.3 Å². The molecule has 0 aliphatic heterocycles. The Bertz CT molecular complexity index is 2180. The third-order valence-electron chi connectivity index (χ3n) is 7.02. The van der Waals surface area contributed by atoms with E-state index in [1.54, 1.807) is 67.8 Å². The van der Waals surface area contributed by atoms with Crippen molar-refractivity contribution in [2.75, 3.05) is 19.0 Å². The Labute approximate surface area is 255 Å². The Balaban J connectivity index is 1.41. The number of carbonyl (C=O) groups excluding carboxylic acids is 1. The average molecular weight is 604 g/mol. The first-order chi connectivity index (χ1) is 21.8. The highest BCUT2D eigenvalue weighted by molar-refractivity contribution is 5.93. The third kappa shape index (κ3) is 5.71. The fourth-order valence-corrected chi connectivity index (χ4v) is 4.81. The minimum absolute atomic E-state index is 0.0960. The van der Waals surface area contributed by atoms with Gasteiger partial charge in [-0.1, -0.05) is 42.5 Å². The zero-order valence-electron chi connectivity index (χ0n) is 24.1. The number of nitro groups is 1. The van der Waals surface area contributed by atoms with Gasteiger partial charge >= 0.3 is 5.69 Å². The number of amides is 1. The summed E-state index contributed by atoms with van der Waals surface area (Å²) < 4.78 is 18.3. The molecule has 0 saturated carbocycles. The predicted molar refractivity (Wildman–Crippen MR) is 169 cm³/mol. The summed E-state index contributed by atoms with van der Waals surface area (Å²) in [5.74, 6) is 0.216. The molecule has 6 rings (SSSR count). The van der Waals surface area contributed by atoms with E-state index < -0.39 is 23.0 Å². The van der Waals surface area contributed by atoms with E-state index in [1.165, 1.54) is 24.4 Å². The van der Waals surface area contributed by atoms with Crippen LogP contribution in [0.3, 0.4) is 0 Å². The number of hydrogen-bond donors (Lipinski definition) is 1. The van der Waals surface area contributed by atoms with Crippen molar-refractivity contribution >= 4 is 45.4 Å². The highest BCUT2D eigenvalue weighted by atomic mass is 16.6. The van der Waals surface area contributed by atoms with E-state index >= 15 is 0 Å². The van der Waals surface area contributed by atoms with Gasteiger partial charge in [-0.3, -0.25) is 19.7 Å². The number of nitro benzene ring substituents is 1. The number of anilines is 1. The molecule has 1 N–H and O–H groups in total. The highest BCUT2D eigenvalue weighted by Crippen LogP contribution is 2.33. The number of carbonyl (C=O) groups is 1. The van der Waals surface area contributed by atoms with Crippen LogP contribution in [-0.2, 0) is 4.79 Å². The normalized spacial score (nSPS) is 11.2. The lowest BCUT2D eigenvalue weighted by molar-refractivity contribution is -0.385. The molecule has 4 aromatic carbocycles. The van der Waals surface area contributed by atoms with Crippen LogP contribution in [0.5, 0.6) is 11.5 Å². The number of para-hydroxylation sites is 3. The predicted octanol–water partition coefficient (Wildman–Crippen LogP) is 5.93. The van der Waals surface area contributed by atoms with Crippen LogP contribution in [-0.4, -0.2) is 40.4 Å². The molecule has 2 heterocycles. The molecule has 0 aliphatic carbocycles. The van der Waals surface area contributed by atoms with Crippen LogP contribution in [0, 0.1) is 17.0 Å². The second-order valence-corrected chi connectivity index (χ2v) is 9.90. The molecule has 224 valence electrons. The number of nitrogens with one attached hydrogen (secondary N) is 1. The van der Waals surface area contributed by atoms with Gasteiger partial charge < -0.3 is 19.2 Å². The second kappa shape index (κ2) is 12.1. The Hall–Kier alpha value is -6.30. The molecule has 0 bridgehead atoms. The smallest absolute Gasteiger partial charge is 0.311 e. The number of methoxy groups -OCH3 is 1. The van der Waals surface area contributed by atoms with Crippen molar-refractivity contribution in [1.29, 1.82) is 0 Å². The summed E-state index contributed by atoms with van der Waals surface area (Å²) >= 11 is 0. The summed E-state index contributed by atoms with van der Waals surface area (Å²) in [6.45, 7) is 1.33. The first-order valence-electron chi connectivity index (χ1n) is 13.7. The second-order valence-electron chi connectivity index (χ2n) is 9.90. The van der Waals surface area contributed by atoms with Gasteiger partial charge in [0.15, 0.2) is 12.4 Å². The van der Waals surface area contributed by atoms with Gasteiger partial charge in [0.2, 0.25) is 11.6 Å². The van der Waals surface area contributed by atoms with Gasteiger partial charge in [-0.25, -0.2) is 4.98 Å². The lowest BCUT2D eigenvalue weighted by Crippen LogP contribution is -2.21. The van der Waals surface area contributed by atoms with Gasteiger partial charge in [0.1, 0.15) is 11.3 Å². The number of benzene rings is 4. The van der Waals surface area contributed by atoms with Gasteiger partial charge in [0.05, 0.1) is 34.5 Å². The molecule has 0 fully saturated rings. The minimum atomic E-state index is -0.622. The van der Waals surface area contributed by atoms with E-state index in [4.69, 9.17) is 13.9 Å². The number of fused-ring (bicyclic) bond motifs is 2. The van der Waals surface area contributed by atoms with Gasteiger partial charge in [-0.15, -0.1) is 0 Å². The van der Waals surface area contributed by atoms with Crippen LogP contribution in [0.25, 0.3) is 33.5 Å². The summed E-state index contributed by atoms with van der Waals surface area (Å²) in [5.41, 5.74) is 1.66. The Kier molecular flexibility index (Phi) is 7.76. The Morgan fingerprint density at radius 1 is 1.04 bits per heavy atom. The highest BCUT2D eigenvalue weighted by Gasteiger charge is 2.21. The Morgan fingerprint density at radius 3 is 2.62 bits per heavy atom. The molecule has 0 radical (unpaired) electrons. The van der Waals surface area contributed by atoms with Crippen molar-refractivity contribution in [3.05, 3.63) is 123 Å². The minimum Gasteiger partial charge on any atom is -0.496 e. The standard InChI is InChI=1S/C33H25N5O7/c1-20-9-3-5-12-24(20)35-30(39)19-44-31-21(10-7-14-26(31)38(41)42)18-34-37-32(36-25-13-6-4-11-22(25)33(37)40)29-17-23-27(43-2)15-8-16-28(23)45-29/h3-18H,19H2,1-2H3,(H,35,39). The number of ether oxygens (including phenoxy) is 2. The molecule has 0 atom stereocenters. The summed E-state index contributed by atoms with van der Waals surface area (Å²) in [6.07, 6.45) is 1.24. The van der Waals surface area contributed by atoms with Crippen LogP contribution < -0.4 is 20.3 Å². The van der Waals surface area contributed by atoms with Crippen LogP contribution in [0.1, 0.15) is 11.1 Å². The summed E-state index contributed by atoms with van der Waals surface area (Å²) in [5, 5.41) is 20.0. The van der Waals surface area contributed by atoms with Crippen LogP contribution >= 0.6 is 0 Å². The molecule has 45 heavy (non-hydrogen) atoms. The first kappa shape index (κ1) is 28.8. The quantitative estimate of drug-likeness (QED) is 0.121. The van der Waals surface area contributed by atoms with E-state index in [1.807, 2.05) is 19.1 Å². The van der Waals surface area contributed by atoms with Gasteiger partial charge in [-0.05, 0) is 55.0 Å². The largest absolute Gasteiger partial charge is 0.496 e. The molecule has 12 heteroatoms. The first-order valence-corrected chi connectivity index (χ1v) is 13.7. The number of nitrogens with zero attached hydrogens (tertiary/aromatic N) is 4. The molecule has 0 unspecified atom stereocenters. The lowest BCUT2D eigenvalue weighted by Gasteiger charge is -2.11. The maximum absolute atomic E-state index is 13.7. The molecule has 12 nitrogen and oxygen atoms in total. The van der Waals surface area contributed by atoms with E-state index in [9.17, 15) is 19.7 Å². The van der Waals surface area contributed by atoms with E-state index in [2.05, 4.69) is 15.4 Å². The SMILES string of the molecule is COc1cccc2oc(-c3nc4ccccc4c(=O)n3N=Cc3cccc([N+](=O)[O-])c3OCC(=O)Nc3ccccc3C)cc12. The van der Waals surface area contributed by atoms with Crippen molar-refractivity contribution < 1.29 is 23.6 Å². The van der Waals surface area contributed by atoms with E-state index in [0.29, 0.717) is 33.3 Å².